The van der Waals surface area contributed by atoms with Gasteiger partial charge >= 0.3 is 18.1 Å². The van der Waals surface area contributed by atoms with Gasteiger partial charge in [0.15, 0.2) is 0 Å². The van der Waals surface area contributed by atoms with Gasteiger partial charge in [0.1, 0.15) is 5.82 Å². The first kappa shape index (κ1) is 30.8. The van der Waals surface area contributed by atoms with Gasteiger partial charge in [-0.05, 0) is 74.7 Å². The maximum Gasteiger partial charge on any atom is 0.490 e. The van der Waals surface area contributed by atoms with Crippen molar-refractivity contribution < 1.29 is 42.2 Å². The lowest BCUT2D eigenvalue weighted by molar-refractivity contribution is -0.192. The van der Waals surface area contributed by atoms with Crippen molar-refractivity contribution in [1.82, 2.24) is 9.78 Å². The van der Waals surface area contributed by atoms with Crippen molar-refractivity contribution in [3.8, 4) is 0 Å². The van der Waals surface area contributed by atoms with Gasteiger partial charge < -0.3 is 20.4 Å². The molecule has 0 spiro atoms. The lowest BCUT2D eigenvalue weighted by Crippen LogP contribution is -2.22. The normalized spacial score (nSPS) is 10.9. The molecule has 210 valence electrons. The van der Waals surface area contributed by atoms with Crippen LogP contribution in [-0.4, -0.2) is 57.6 Å². The molecule has 3 rings (SSSR count). The summed E-state index contributed by atoms with van der Waals surface area (Å²) in [5.74, 6) is -4.71. The van der Waals surface area contributed by atoms with Gasteiger partial charge in [-0.2, -0.15) is 18.3 Å². The molecule has 0 aliphatic rings. The molecule has 13 heteroatoms. The van der Waals surface area contributed by atoms with Gasteiger partial charge in [-0.1, -0.05) is 0 Å². The smallest absolute Gasteiger partial charge is 0.478 e. The number of benzene rings is 2. The van der Waals surface area contributed by atoms with Crippen LogP contribution in [0.25, 0.3) is 0 Å². The molecule has 0 saturated heterocycles. The molecule has 9 nitrogen and oxygen atoms in total. The SMILES string of the molecule is Cc1nn(C)c(C)c1CCCN(C)c1ccc(NC(=O)c2ccc(F)cc2)cc1C(=O)O.O=C(O)C(F)(F)F. The number of anilines is 2. The summed E-state index contributed by atoms with van der Waals surface area (Å²) in [5.41, 5.74) is 4.67. The van der Waals surface area contributed by atoms with E-state index in [1.807, 2.05) is 37.5 Å². The van der Waals surface area contributed by atoms with Gasteiger partial charge in [-0.3, -0.25) is 9.48 Å². The summed E-state index contributed by atoms with van der Waals surface area (Å²) in [5, 5.41) is 23.9. The second-order valence-electron chi connectivity index (χ2n) is 8.60. The molecule has 0 radical (unpaired) electrons. The van der Waals surface area contributed by atoms with Gasteiger partial charge in [-0.25, -0.2) is 14.0 Å². The van der Waals surface area contributed by atoms with E-state index in [0.29, 0.717) is 17.9 Å². The van der Waals surface area contributed by atoms with E-state index in [4.69, 9.17) is 9.90 Å². The number of rotatable bonds is 8. The molecule has 2 aromatic carbocycles. The molecule has 0 unspecified atom stereocenters. The first-order valence-electron chi connectivity index (χ1n) is 11.6. The van der Waals surface area contributed by atoms with E-state index in [9.17, 15) is 32.3 Å². The van der Waals surface area contributed by atoms with Gasteiger partial charge in [0.2, 0.25) is 0 Å². The number of aromatic nitrogens is 2. The third kappa shape index (κ3) is 8.55. The van der Waals surface area contributed by atoms with Gasteiger partial charge in [0, 0.05) is 37.6 Å². The number of nitrogens with zero attached hydrogens (tertiary/aromatic N) is 3. The van der Waals surface area contributed by atoms with Gasteiger partial charge in [-0.15, -0.1) is 0 Å². The molecule has 0 fully saturated rings. The van der Waals surface area contributed by atoms with Crippen molar-refractivity contribution in [1.29, 1.82) is 0 Å². The average molecular weight is 553 g/mol. The zero-order valence-electron chi connectivity index (χ0n) is 21.6. The largest absolute Gasteiger partial charge is 0.490 e. The van der Waals surface area contributed by atoms with E-state index in [2.05, 4.69) is 10.4 Å². The monoisotopic (exact) mass is 552 g/mol. The summed E-state index contributed by atoms with van der Waals surface area (Å²) in [6.07, 6.45) is -3.39. The Kier molecular flexibility index (Phi) is 10.2. The Morgan fingerprint density at radius 3 is 2.13 bits per heavy atom. The molecule has 0 saturated carbocycles. The van der Waals surface area contributed by atoms with E-state index in [1.54, 1.807) is 12.1 Å². The number of halogens is 4. The molecule has 3 aromatic rings. The summed E-state index contributed by atoms with van der Waals surface area (Å²) in [4.78, 5) is 35.0. The summed E-state index contributed by atoms with van der Waals surface area (Å²) in [6.45, 7) is 4.70. The lowest BCUT2D eigenvalue weighted by atomic mass is 10.1. The predicted octanol–water partition coefficient (Wildman–Crippen LogP) is 4.83. The molecule has 1 amide bonds. The van der Waals surface area contributed by atoms with Crippen LogP contribution in [0.5, 0.6) is 0 Å². The van der Waals surface area contributed by atoms with Crippen LogP contribution in [0.3, 0.4) is 0 Å². The Bertz CT molecular complexity index is 1340. The number of carboxylic acid groups (broad SMARTS) is 2. The van der Waals surface area contributed by atoms with Crippen LogP contribution in [0, 0.1) is 19.7 Å². The van der Waals surface area contributed by atoms with E-state index >= 15 is 0 Å². The molecule has 1 aromatic heterocycles. The zero-order valence-corrected chi connectivity index (χ0v) is 21.6. The molecule has 0 atom stereocenters. The van der Waals surface area contributed by atoms with Crippen molar-refractivity contribution in [3.05, 3.63) is 76.4 Å². The summed E-state index contributed by atoms with van der Waals surface area (Å²) >= 11 is 0. The number of carbonyl (C=O) groups is 3. The third-order valence-electron chi connectivity index (χ3n) is 5.82. The highest BCUT2D eigenvalue weighted by Gasteiger charge is 2.38. The van der Waals surface area contributed by atoms with E-state index in [1.165, 1.54) is 35.9 Å². The van der Waals surface area contributed by atoms with Crippen LogP contribution in [0.15, 0.2) is 42.5 Å². The third-order valence-corrected chi connectivity index (χ3v) is 5.82. The minimum Gasteiger partial charge on any atom is -0.478 e. The fourth-order valence-electron chi connectivity index (χ4n) is 3.72. The highest BCUT2D eigenvalue weighted by Crippen LogP contribution is 2.25. The quantitative estimate of drug-likeness (QED) is 0.342. The number of hydrogen-bond acceptors (Lipinski definition) is 5. The first-order chi connectivity index (χ1) is 18.1. The second kappa shape index (κ2) is 12.9. The molecular formula is C26H28F4N4O5. The maximum atomic E-state index is 13.1. The number of amides is 1. The number of aromatic carboxylic acids is 1. The fraction of sp³-hybridized carbons (Fsp3) is 0.308. The van der Waals surface area contributed by atoms with Crippen LogP contribution in [0.1, 0.15) is 44.1 Å². The highest BCUT2D eigenvalue weighted by atomic mass is 19.4. The van der Waals surface area contributed by atoms with Crippen molar-refractivity contribution in [3.63, 3.8) is 0 Å². The zero-order chi connectivity index (χ0) is 29.5. The molecule has 0 bridgehead atoms. The summed E-state index contributed by atoms with van der Waals surface area (Å²) in [7, 11) is 3.77. The minimum atomic E-state index is -5.08. The number of carbonyl (C=O) groups excluding carboxylic acids is 1. The molecule has 3 N–H and O–H groups in total. The van der Waals surface area contributed by atoms with Gasteiger partial charge in [0.05, 0.1) is 16.9 Å². The van der Waals surface area contributed by atoms with E-state index in [-0.39, 0.29) is 11.1 Å². The lowest BCUT2D eigenvalue weighted by Gasteiger charge is -2.22. The van der Waals surface area contributed by atoms with Crippen LogP contribution >= 0.6 is 0 Å². The Balaban J connectivity index is 0.000000673. The molecule has 0 aliphatic heterocycles. The number of carboxylic acids is 2. The van der Waals surface area contributed by atoms with E-state index in [0.717, 1.165) is 24.2 Å². The summed E-state index contributed by atoms with van der Waals surface area (Å²) < 4.78 is 46.7. The standard InChI is InChI=1S/C24H27FN4O3.C2HF3O2/c1-15-20(16(2)29(4)27-15)6-5-13-28(3)22-12-11-19(14-21(22)24(31)32)26-23(30)17-7-9-18(25)10-8-17;3-2(4,5)1(6)7/h7-12,14H,5-6,13H2,1-4H3,(H,26,30)(H,31,32);(H,6,7). The molecule has 1 heterocycles. The first-order valence-corrected chi connectivity index (χ1v) is 11.6. The van der Waals surface area contributed by atoms with Crippen molar-refractivity contribution in [2.75, 3.05) is 23.8 Å². The minimum absolute atomic E-state index is 0.0955. The number of nitrogens with one attached hydrogen (secondary N) is 1. The van der Waals surface area contributed by atoms with E-state index < -0.39 is 29.8 Å². The van der Waals surface area contributed by atoms with Crippen LogP contribution in [-0.2, 0) is 18.3 Å². The number of aliphatic carboxylic acids is 1. The average Bonchev–Trinajstić information content (AvgIpc) is 3.09. The molecular weight excluding hydrogens is 524 g/mol. The van der Waals surface area contributed by atoms with Crippen molar-refractivity contribution in [2.45, 2.75) is 32.9 Å². The van der Waals surface area contributed by atoms with Crippen molar-refractivity contribution >= 4 is 29.2 Å². The Morgan fingerprint density at radius 2 is 1.64 bits per heavy atom. The van der Waals surface area contributed by atoms with Gasteiger partial charge in [0.25, 0.3) is 5.91 Å². The Morgan fingerprint density at radius 1 is 1.05 bits per heavy atom. The van der Waals surface area contributed by atoms with Crippen LogP contribution in [0.2, 0.25) is 0 Å². The number of hydrogen-bond donors (Lipinski definition) is 3. The Hall–Kier alpha value is -4.42. The van der Waals surface area contributed by atoms with Crippen LogP contribution < -0.4 is 10.2 Å². The maximum absolute atomic E-state index is 13.1. The molecule has 0 aliphatic carbocycles. The Labute approximate surface area is 221 Å². The van der Waals surface area contributed by atoms with Crippen LogP contribution in [0.4, 0.5) is 28.9 Å². The summed E-state index contributed by atoms with van der Waals surface area (Å²) in [6, 6.07) is 9.92. The fourth-order valence-corrected chi connectivity index (χ4v) is 3.72. The number of alkyl halides is 3. The predicted molar refractivity (Wildman–Crippen MR) is 136 cm³/mol. The highest BCUT2D eigenvalue weighted by molar-refractivity contribution is 6.05. The molecule has 39 heavy (non-hydrogen) atoms. The second-order valence-corrected chi connectivity index (χ2v) is 8.60. The number of aryl methyl sites for hydroxylation is 2. The van der Waals surface area contributed by atoms with Crippen molar-refractivity contribution in [2.24, 2.45) is 7.05 Å². The topological polar surface area (TPSA) is 125 Å².